The summed E-state index contributed by atoms with van der Waals surface area (Å²) >= 11 is 5.96. The third-order valence-electron chi connectivity index (χ3n) is 3.56. The van der Waals surface area contributed by atoms with Crippen molar-refractivity contribution in [2.75, 3.05) is 16.6 Å². The van der Waals surface area contributed by atoms with Crippen LogP contribution in [0.15, 0.2) is 78.0 Å². The van der Waals surface area contributed by atoms with Gasteiger partial charge in [-0.3, -0.25) is 14.5 Å². The predicted molar refractivity (Wildman–Crippen MR) is 107 cm³/mol. The number of nitrogens with one attached hydrogen (secondary N) is 2. The Morgan fingerprint density at radius 2 is 1.75 bits per heavy atom. The Labute approximate surface area is 167 Å². The van der Waals surface area contributed by atoms with Gasteiger partial charge in [0.25, 0.3) is 15.9 Å². The molecule has 0 aliphatic heterocycles. The average Bonchev–Trinajstić information content (AvgIpc) is 2.68. The first-order chi connectivity index (χ1) is 13.4. The molecule has 0 aliphatic rings. The molecule has 2 aromatic carbocycles. The van der Waals surface area contributed by atoms with Crippen LogP contribution in [0.25, 0.3) is 0 Å². The molecule has 0 saturated heterocycles. The molecule has 0 fully saturated rings. The first-order valence-electron chi connectivity index (χ1n) is 8.14. The monoisotopic (exact) mass is 417 g/mol. The molecule has 0 bridgehead atoms. The van der Waals surface area contributed by atoms with Crippen LogP contribution in [-0.2, 0) is 14.8 Å². The maximum absolute atomic E-state index is 12.4. The predicted octanol–water partition coefficient (Wildman–Crippen LogP) is 3.55. The number of pyridine rings is 1. The van der Waals surface area contributed by atoms with Crippen LogP contribution < -0.4 is 14.8 Å². The molecule has 0 spiro atoms. The summed E-state index contributed by atoms with van der Waals surface area (Å²) in [5.41, 5.74) is 0.796. The van der Waals surface area contributed by atoms with Gasteiger partial charge in [-0.25, -0.2) is 8.42 Å². The minimum atomic E-state index is -3.75. The van der Waals surface area contributed by atoms with Gasteiger partial charge in [0.05, 0.1) is 21.8 Å². The minimum absolute atomic E-state index is 0.0571. The number of carbonyl (C=O) groups excluding carboxylic acids is 1. The number of nitrogens with zero attached hydrogens (tertiary/aromatic N) is 1. The number of hydrogen-bond donors (Lipinski definition) is 2. The van der Waals surface area contributed by atoms with Gasteiger partial charge in [0.2, 0.25) is 0 Å². The fourth-order valence-corrected chi connectivity index (χ4v) is 3.49. The molecule has 144 valence electrons. The first kappa shape index (κ1) is 19.7. The van der Waals surface area contributed by atoms with Crippen LogP contribution in [0.2, 0.25) is 5.02 Å². The van der Waals surface area contributed by atoms with Crippen LogP contribution in [-0.4, -0.2) is 25.9 Å². The van der Waals surface area contributed by atoms with Crippen LogP contribution in [0.5, 0.6) is 5.75 Å². The van der Waals surface area contributed by atoms with Crippen LogP contribution in [0.1, 0.15) is 0 Å². The van der Waals surface area contributed by atoms with E-state index in [1.807, 2.05) is 0 Å². The number of carbonyl (C=O) groups is 1. The zero-order valence-corrected chi connectivity index (χ0v) is 16.1. The molecule has 0 atom stereocenters. The first-order valence-corrected chi connectivity index (χ1v) is 10.0. The lowest BCUT2D eigenvalue weighted by atomic mass is 10.3. The number of anilines is 2. The van der Waals surface area contributed by atoms with Gasteiger partial charge in [-0.15, -0.1) is 0 Å². The summed E-state index contributed by atoms with van der Waals surface area (Å²) in [6.45, 7) is -0.230. The molecule has 2 N–H and O–H groups in total. The van der Waals surface area contributed by atoms with Crippen LogP contribution in [0.4, 0.5) is 11.4 Å². The van der Waals surface area contributed by atoms with Crippen molar-refractivity contribution < 1.29 is 17.9 Å². The average molecular weight is 418 g/mol. The number of amides is 1. The van der Waals surface area contributed by atoms with Crippen molar-refractivity contribution in [2.24, 2.45) is 0 Å². The molecule has 0 aliphatic carbocycles. The molecule has 28 heavy (non-hydrogen) atoms. The Balaban J connectivity index is 1.59. The number of hydrogen-bond acceptors (Lipinski definition) is 5. The standard InChI is InChI=1S/C19H16ClN3O4S/c20-17-5-1-2-6-18(17)27-13-19(24)22-14-7-9-16(10-8-14)28(25,26)23-15-4-3-11-21-12-15/h1-12,23H,13H2,(H,22,24). The molecular weight excluding hydrogens is 402 g/mol. The minimum Gasteiger partial charge on any atom is -0.482 e. The van der Waals surface area contributed by atoms with E-state index in [0.717, 1.165) is 0 Å². The topological polar surface area (TPSA) is 97.4 Å². The molecule has 1 aromatic heterocycles. The van der Waals surface area contributed by atoms with E-state index in [9.17, 15) is 13.2 Å². The van der Waals surface area contributed by atoms with E-state index in [1.165, 1.54) is 30.5 Å². The van der Waals surface area contributed by atoms with Gasteiger partial charge in [-0.1, -0.05) is 23.7 Å². The zero-order chi connectivity index (χ0) is 20.0. The van der Waals surface area contributed by atoms with Gasteiger partial charge in [0.15, 0.2) is 6.61 Å². The number of sulfonamides is 1. The molecule has 1 heterocycles. The van der Waals surface area contributed by atoms with Crippen molar-refractivity contribution in [1.29, 1.82) is 0 Å². The van der Waals surface area contributed by atoms with Crippen LogP contribution >= 0.6 is 11.6 Å². The maximum Gasteiger partial charge on any atom is 0.262 e. The molecular formula is C19H16ClN3O4S. The van der Waals surface area contributed by atoms with Crippen molar-refractivity contribution in [3.05, 3.63) is 78.1 Å². The summed E-state index contributed by atoms with van der Waals surface area (Å²) in [4.78, 5) is 15.9. The van der Waals surface area contributed by atoms with Gasteiger partial charge >= 0.3 is 0 Å². The van der Waals surface area contributed by atoms with E-state index in [2.05, 4.69) is 15.0 Å². The largest absolute Gasteiger partial charge is 0.482 e. The van der Waals surface area contributed by atoms with Crippen molar-refractivity contribution in [1.82, 2.24) is 4.98 Å². The number of ether oxygens (including phenoxy) is 1. The molecule has 3 aromatic rings. The van der Waals surface area contributed by atoms with Gasteiger partial charge in [0, 0.05) is 11.9 Å². The second-order valence-corrected chi connectivity index (χ2v) is 7.73. The molecule has 3 rings (SSSR count). The number of halogens is 1. The van der Waals surface area contributed by atoms with E-state index in [-0.39, 0.29) is 11.5 Å². The van der Waals surface area contributed by atoms with Gasteiger partial charge in [0.1, 0.15) is 5.75 Å². The quantitative estimate of drug-likeness (QED) is 0.612. The van der Waals surface area contributed by atoms with Crippen LogP contribution in [0.3, 0.4) is 0 Å². The van der Waals surface area contributed by atoms with E-state index in [4.69, 9.17) is 16.3 Å². The van der Waals surface area contributed by atoms with E-state index in [1.54, 1.807) is 42.6 Å². The summed E-state index contributed by atoms with van der Waals surface area (Å²) in [6.07, 6.45) is 2.95. The zero-order valence-electron chi connectivity index (χ0n) is 14.5. The van der Waals surface area contributed by atoms with Crippen LogP contribution in [0, 0.1) is 0 Å². The fourth-order valence-electron chi connectivity index (χ4n) is 2.26. The number of rotatable bonds is 7. The highest BCUT2D eigenvalue weighted by Crippen LogP contribution is 2.23. The lowest BCUT2D eigenvalue weighted by Crippen LogP contribution is -2.20. The Kier molecular flexibility index (Phi) is 6.13. The second kappa shape index (κ2) is 8.73. The summed E-state index contributed by atoms with van der Waals surface area (Å²) in [5, 5.41) is 3.04. The third-order valence-corrected chi connectivity index (χ3v) is 5.27. The molecule has 0 unspecified atom stereocenters. The number of aromatic nitrogens is 1. The Hall–Kier alpha value is -3.10. The van der Waals surface area contributed by atoms with E-state index < -0.39 is 15.9 Å². The summed E-state index contributed by atoms with van der Waals surface area (Å²) < 4.78 is 32.5. The SMILES string of the molecule is O=C(COc1ccccc1Cl)Nc1ccc(S(=O)(=O)Nc2cccnc2)cc1. The molecule has 0 radical (unpaired) electrons. The normalized spacial score (nSPS) is 10.9. The maximum atomic E-state index is 12.4. The summed E-state index contributed by atoms with van der Waals surface area (Å²) in [5.74, 6) is 0.00578. The lowest BCUT2D eigenvalue weighted by molar-refractivity contribution is -0.118. The Morgan fingerprint density at radius 1 is 1.00 bits per heavy atom. The Morgan fingerprint density at radius 3 is 2.43 bits per heavy atom. The van der Waals surface area contributed by atoms with Gasteiger partial charge in [-0.05, 0) is 48.5 Å². The highest BCUT2D eigenvalue weighted by Gasteiger charge is 2.14. The molecule has 0 saturated carbocycles. The molecule has 7 nitrogen and oxygen atoms in total. The van der Waals surface area contributed by atoms with Crippen molar-refractivity contribution in [3.63, 3.8) is 0 Å². The Bertz CT molecular complexity index is 1060. The highest BCUT2D eigenvalue weighted by atomic mass is 35.5. The molecule has 1 amide bonds. The van der Waals surface area contributed by atoms with Gasteiger partial charge in [-0.2, -0.15) is 0 Å². The smallest absolute Gasteiger partial charge is 0.262 e. The summed E-state index contributed by atoms with van der Waals surface area (Å²) in [6, 6.07) is 15.8. The van der Waals surface area contributed by atoms with E-state index >= 15 is 0 Å². The fraction of sp³-hybridized carbons (Fsp3) is 0.0526. The highest BCUT2D eigenvalue weighted by molar-refractivity contribution is 7.92. The second-order valence-electron chi connectivity index (χ2n) is 5.64. The third kappa shape index (κ3) is 5.21. The lowest BCUT2D eigenvalue weighted by Gasteiger charge is -2.10. The van der Waals surface area contributed by atoms with Crippen molar-refractivity contribution >= 4 is 38.9 Å². The van der Waals surface area contributed by atoms with Crippen molar-refractivity contribution in [3.8, 4) is 5.75 Å². The van der Waals surface area contributed by atoms with Crippen molar-refractivity contribution in [2.45, 2.75) is 4.90 Å². The number of benzene rings is 2. The molecule has 9 heteroatoms. The van der Waals surface area contributed by atoms with Gasteiger partial charge < -0.3 is 10.1 Å². The summed E-state index contributed by atoms with van der Waals surface area (Å²) in [7, 11) is -3.75. The van der Waals surface area contributed by atoms with E-state index in [0.29, 0.717) is 22.1 Å². The number of para-hydroxylation sites is 1.